The molecule has 12 heavy (non-hydrogen) atoms. The third-order valence-electron chi connectivity index (χ3n) is 1.22. The molecule has 0 aromatic rings. The van der Waals surface area contributed by atoms with E-state index in [9.17, 15) is 9.59 Å². The SMILES string of the molecule is CCNC(=O)NC(C)CC(N)=O. The van der Waals surface area contributed by atoms with Crippen LogP contribution in [-0.2, 0) is 4.79 Å². The van der Waals surface area contributed by atoms with Crippen molar-refractivity contribution in [3.8, 4) is 0 Å². The molecule has 3 amide bonds. The summed E-state index contributed by atoms with van der Waals surface area (Å²) in [6.07, 6.45) is 0.164. The first-order chi connectivity index (χ1) is 5.56. The number of carbonyl (C=O) groups is 2. The first-order valence-electron chi connectivity index (χ1n) is 3.89. The van der Waals surface area contributed by atoms with Gasteiger partial charge in [0.1, 0.15) is 0 Å². The highest BCUT2D eigenvalue weighted by atomic mass is 16.2. The predicted molar refractivity (Wildman–Crippen MR) is 45.5 cm³/mol. The molecule has 0 aromatic heterocycles. The van der Waals surface area contributed by atoms with Gasteiger partial charge in [0.2, 0.25) is 5.91 Å². The number of carbonyl (C=O) groups excluding carboxylic acids is 2. The molecule has 5 nitrogen and oxygen atoms in total. The van der Waals surface area contributed by atoms with Crippen LogP contribution in [0, 0.1) is 0 Å². The van der Waals surface area contributed by atoms with E-state index in [4.69, 9.17) is 5.73 Å². The van der Waals surface area contributed by atoms with E-state index in [1.54, 1.807) is 6.92 Å². The average Bonchev–Trinajstić information content (AvgIpc) is 1.84. The highest BCUT2D eigenvalue weighted by Crippen LogP contribution is 1.87. The van der Waals surface area contributed by atoms with Crippen molar-refractivity contribution in [1.82, 2.24) is 10.6 Å². The molecule has 1 unspecified atom stereocenters. The number of primary amides is 1. The lowest BCUT2D eigenvalue weighted by Crippen LogP contribution is -2.42. The summed E-state index contributed by atoms with van der Waals surface area (Å²) in [7, 11) is 0. The van der Waals surface area contributed by atoms with E-state index in [-0.39, 0.29) is 18.5 Å². The van der Waals surface area contributed by atoms with Crippen molar-refractivity contribution in [2.45, 2.75) is 26.3 Å². The molecule has 0 rings (SSSR count). The number of urea groups is 1. The molecule has 0 aliphatic rings. The molecule has 5 heteroatoms. The molecule has 0 aliphatic heterocycles. The van der Waals surface area contributed by atoms with E-state index >= 15 is 0 Å². The fraction of sp³-hybridized carbons (Fsp3) is 0.714. The number of amides is 3. The van der Waals surface area contributed by atoms with E-state index in [1.807, 2.05) is 6.92 Å². The number of hydrogen-bond donors (Lipinski definition) is 3. The molecule has 0 bridgehead atoms. The normalized spacial score (nSPS) is 11.8. The lowest BCUT2D eigenvalue weighted by Gasteiger charge is -2.11. The fourth-order valence-corrected chi connectivity index (χ4v) is 0.788. The van der Waals surface area contributed by atoms with Gasteiger partial charge in [-0.2, -0.15) is 0 Å². The van der Waals surface area contributed by atoms with E-state index < -0.39 is 5.91 Å². The molecule has 0 saturated heterocycles. The monoisotopic (exact) mass is 173 g/mol. The Kier molecular flexibility index (Phi) is 4.83. The van der Waals surface area contributed by atoms with Gasteiger partial charge in [-0.3, -0.25) is 4.79 Å². The first kappa shape index (κ1) is 10.7. The summed E-state index contributed by atoms with van der Waals surface area (Å²) in [6.45, 7) is 4.10. The van der Waals surface area contributed by atoms with Crippen molar-refractivity contribution in [2.75, 3.05) is 6.54 Å². The van der Waals surface area contributed by atoms with Crippen LogP contribution >= 0.6 is 0 Å². The fourth-order valence-electron chi connectivity index (χ4n) is 0.788. The Morgan fingerprint density at radius 1 is 1.50 bits per heavy atom. The number of hydrogen-bond acceptors (Lipinski definition) is 2. The minimum Gasteiger partial charge on any atom is -0.370 e. The Bertz CT molecular complexity index is 170. The van der Waals surface area contributed by atoms with E-state index in [2.05, 4.69) is 10.6 Å². The Balaban J connectivity index is 3.61. The summed E-state index contributed by atoms with van der Waals surface area (Å²) in [4.78, 5) is 21.3. The van der Waals surface area contributed by atoms with E-state index in [0.29, 0.717) is 6.54 Å². The Morgan fingerprint density at radius 3 is 2.50 bits per heavy atom. The summed E-state index contributed by atoms with van der Waals surface area (Å²) in [5.74, 6) is -0.417. The van der Waals surface area contributed by atoms with Crippen molar-refractivity contribution < 1.29 is 9.59 Å². The van der Waals surface area contributed by atoms with Gasteiger partial charge in [0.15, 0.2) is 0 Å². The molecular weight excluding hydrogens is 158 g/mol. The zero-order valence-electron chi connectivity index (χ0n) is 7.39. The van der Waals surface area contributed by atoms with Crippen molar-refractivity contribution in [2.24, 2.45) is 5.73 Å². The van der Waals surface area contributed by atoms with Gasteiger partial charge in [-0.15, -0.1) is 0 Å². The van der Waals surface area contributed by atoms with E-state index in [0.717, 1.165) is 0 Å². The van der Waals surface area contributed by atoms with Crippen LogP contribution in [-0.4, -0.2) is 24.5 Å². The second-order valence-electron chi connectivity index (χ2n) is 2.58. The first-order valence-corrected chi connectivity index (χ1v) is 3.89. The molecule has 0 heterocycles. The molecule has 0 aliphatic carbocycles. The average molecular weight is 173 g/mol. The lowest BCUT2D eigenvalue weighted by atomic mass is 10.2. The van der Waals surface area contributed by atoms with Crippen LogP contribution in [0.25, 0.3) is 0 Å². The van der Waals surface area contributed by atoms with Crippen LogP contribution in [0.2, 0.25) is 0 Å². The standard InChI is InChI=1S/C7H15N3O2/c1-3-9-7(12)10-5(2)4-6(8)11/h5H,3-4H2,1-2H3,(H2,8,11)(H2,9,10,12). The topological polar surface area (TPSA) is 84.2 Å². The van der Waals surface area contributed by atoms with Crippen LogP contribution < -0.4 is 16.4 Å². The van der Waals surface area contributed by atoms with Crippen LogP contribution in [0.3, 0.4) is 0 Å². The van der Waals surface area contributed by atoms with Gasteiger partial charge in [-0.05, 0) is 13.8 Å². The second-order valence-corrected chi connectivity index (χ2v) is 2.58. The third kappa shape index (κ3) is 5.52. The van der Waals surface area contributed by atoms with Crippen LogP contribution in [0.4, 0.5) is 4.79 Å². The highest BCUT2D eigenvalue weighted by Gasteiger charge is 2.07. The van der Waals surface area contributed by atoms with Crippen molar-refractivity contribution >= 4 is 11.9 Å². The second kappa shape index (κ2) is 5.40. The minimum absolute atomic E-state index is 0.164. The van der Waals surface area contributed by atoms with Gasteiger partial charge < -0.3 is 16.4 Å². The van der Waals surface area contributed by atoms with Gasteiger partial charge in [0.25, 0.3) is 0 Å². The molecule has 0 spiro atoms. The Morgan fingerprint density at radius 2 is 2.08 bits per heavy atom. The molecular formula is C7H15N3O2. The molecule has 0 aromatic carbocycles. The smallest absolute Gasteiger partial charge is 0.315 e. The highest BCUT2D eigenvalue weighted by molar-refractivity contribution is 5.77. The number of nitrogens with two attached hydrogens (primary N) is 1. The number of rotatable bonds is 4. The quantitative estimate of drug-likeness (QED) is 0.539. The summed E-state index contributed by atoms with van der Waals surface area (Å²) in [6, 6.07) is -0.486. The summed E-state index contributed by atoms with van der Waals surface area (Å²) in [5.41, 5.74) is 4.93. The Hall–Kier alpha value is -1.26. The maximum absolute atomic E-state index is 10.9. The van der Waals surface area contributed by atoms with Gasteiger partial charge in [0.05, 0.1) is 0 Å². The van der Waals surface area contributed by atoms with Gasteiger partial charge >= 0.3 is 6.03 Å². The third-order valence-corrected chi connectivity index (χ3v) is 1.22. The maximum atomic E-state index is 10.9. The number of nitrogens with one attached hydrogen (secondary N) is 2. The van der Waals surface area contributed by atoms with E-state index in [1.165, 1.54) is 0 Å². The molecule has 0 fully saturated rings. The zero-order chi connectivity index (χ0) is 9.56. The van der Waals surface area contributed by atoms with Crippen molar-refractivity contribution in [1.29, 1.82) is 0 Å². The molecule has 4 N–H and O–H groups in total. The van der Waals surface area contributed by atoms with Crippen LogP contribution in [0.5, 0.6) is 0 Å². The van der Waals surface area contributed by atoms with Crippen LogP contribution in [0.15, 0.2) is 0 Å². The summed E-state index contributed by atoms with van der Waals surface area (Å²) < 4.78 is 0. The lowest BCUT2D eigenvalue weighted by molar-refractivity contribution is -0.118. The Labute approximate surface area is 71.7 Å². The van der Waals surface area contributed by atoms with Crippen LogP contribution in [0.1, 0.15) is 20.3 Å². The summed E-state index contributed by atoms with van der Waals surface area (Å²) >= 11 is 0. The molecule has 1 atom stereocenters. The predicted octanol–water partition coefficient (Wildman–Crippen LogP) is -0.431. The summed E-state index contributed by atoms with van der Waals surface area (Å²) in [5, 5.41) is 5.11. The zero-order valence-corrected chi connectivity index (χ0v) is 7.39. The van der Waals surface area contributed by atoms with Gasteiger partial charge in [-0.25, -0.2) is 4.79 Å². The molecule has 0 saturated carbocycles. The van der Waals surface area contributed by atoms with Gasteiger partial charge in [0, 0.05) is 19.0 Å². The minimum atomic E-state index is -0.417. The van der Waals surface area contributed by atoms with Crippen molar-refractivity contribution in [3.63, 3.8) is 0 Å². The van der Waals surface area contributed by atoms with Crippen molar-refractivity contribution in [3.05, 3.63) is 0 Å². The molecule has 0 radical (unpaired) electrons. The largest absolute Gasteiger partial charge is 0.370 e. The van der Waals surface area contributed by atoms with Gasteiger partial charge in [-0.1, -0.05) is 0 Å². The maximum Gasteiger partial charge on any atom is 0.315 e. The molecule has 70 valence electrons.